The maximum Gasteiger partial charge on any atom is 0.274 e. The number of amides is 1. The van der Waals surface area contributed by atoms with Gasteiger partial charge in [0.25, 0.3) is 5.91 Å². The van der Waals surface area contributed by atoms with E-state index in [1.54, 1.807) is 11.1 Å². The third-order valence-corrected chi connectivity index (χ3v) is 4.89. The summed E-state index contributed by atoms with van der Waals surface area (Å²) in [5.41, 5.74) is 3.18. The van der Waals surface area contributed by atoms with Crippen molar-refractivity contribution in [3.63, 3.8) is 0 Å². The summed E-state index contributed by atoms with van der Waals surface area (Å²) in [4.78, 5) is 23.4. The van der Waals surface area contributed by atoms with Crippen molar-refractivity contribution >= 4 is 29.0 Å². The third kappa shape index (κ3) is 4.67. The number of carbonyl (C=O) groups is 1. The van der Waals surface area contributed by atoms with E-state index in [-0.39, 0.29) is 11.9 Å². The molecule has 0 aliphatic heterocycles. The van der Waals surface area contributed by atoms with Gasteiger partial charge in [0.1, 0.15) is 11.5 Å². The molecule has 0 unspecified atom stereocenters. The Kier molecular flexibility index (Phi) is 6.26. The molecule has 1 heterocycles. The minimum absolute atomic E-state index is 0.0430. The zero-order valence-corrected chi connectivity index (χ0v) is 16.9. The Morgan fingerprint density at radius 1 is 1.07 bits per heavy atom. The van der Waals surface area contributed by atoms with E-state index < -0.39 is 0 Å². The van der Waals surface area contributed by atoms with E-state index in [2.05, 4.69) is 15.3 Å². The van der Waals surface area contributed by atoms with Gasteiger partial charge in [-0.2, -0.15) is 0 Å². The first kappa shape index (κ1) is 19.8. The summed E-state index contributed by atoms with van der Waals surface area (Å²) >= 11 is 6.15. The molecule has 1 aromatic heterocycles. The van der Waals surface area contributed by atoms with Gasteiger partial charge in [0, 0.05) is 23.3 Å². The molecule has 2 aromatic carbocycles. The molecule has 1 amide bonds. The number of carbonyl (C=O) groups excluding carboxylic acids is 1. The van der Waals surface area contributed by atoms with E-state index in [9.17, 15) is 4.79 Å². The number of nitrogens with one attached hydrogen (secondary N) is 1. The lowest BCUT2D eigenvalue weighted by Gasteiger charge is -2.26. The second-order valence-corrected chi connectivity index (χ2v) is 7.24. The Morgan fingerprint density at radius 2 is 1.82 bits per heavy atom. The van der Waals surface area contributed by atoms with Crippen molar-refractivity contribution in [2.45, 2.75) is 33.4 Å². The predicted octanol–water partition coefficient (Wildman–Crippen LogP) is 5.23. The lowest BCUT2D eigenvalue weighted by atomic mass is 10.2. The average molecular weight is 395 g/mol. The molecule has 0 spiro atoms. The number of anilines is 2. The molecule has 1 N–H and O–H groups in total. The molecule has 144 valence electrons. The lowest BCUT2D eigenvalue weighted by Crippen LogP contribution is -2.36. The van der Waals surface area contributed by atoms with Crippen molar-refractivity contribution < 1.29 is 4.79 Å². The Hall–Kier alpha value is -2.92. The first-order valence-corrected chi connectivity index (χ1v) is 9.52. The standard InChI is InChI=1S/C22H23ClN4O/c1-15(2)27(14-17-8-5-4-6-9-17)22(28)20-12-25-21(13-24-20)26-19-11-7-10-18(23)16(19)3/h4-13,15H,14H2,1-3H3,(H,25,26). The van der Waals surface area contributed by atoms with Crippen LogP contribution in [0.3, 0.4) is 0 Å². The molecule has 3 rings (SSSR count). The van der Waals surface area contributed by atoms with Gasteiger partial charge in [0.05, 0.1) is 12.4 Å². The molecule has 0 aliphatic rings. The van der Waals surface area contributed by atoms with E-state index in [4.69, 9.17) is 11.6 Å². The van der Waals surface area contributed by atoms with Crippen molar-refractivity contribution in [2.75, 3.05) is 5.32 Å². The minimum atomic E-state index is -0.142. The van der Waals surface area contributed by atoms with Gasteiger partial charge < -0.3 is 10.2 Å². The first-order valence-electron chi connectivity index (χ1n) is 9.15. The quantitative estimate of drug-likeness (QED) is 0.621. The van der Waals surface area contributed by atoms with Gasteiger partial charge in [-0.05, 0) is 44.0 Å². The molecule has 6 heteroatoms. The summed E-state index contributed by atoms with van der Waals surface area (Å²) in [6, 6.07) is 15.6. The maximum absolute atomic E-state index is 12.9. The van der Waals surface area contributed by atoms with Crippen LogP contribution in [0.15, 0.2) is 60.9 Å². The van der Waals surface area contributed by atoms with E-state index in [0.29, 0.717) is 23.1 Å². The number of rotatable bonds is 6. The van der Waals surface area contributed by atoms with Crippen LogP contribution in [-0.2, 0) is 6.54 Å². The van der Waals surface area contributed by atoms with Gasteiger partial charge >= 0.3 is 0 Å². The van der Waals surface area contributed by atoms with Crippen LogP contribution in [0.5, 0.6) is 0 Å². The minimum Gasteiger partial charge on any atom is -0.339 e. The molecule has 0 aliphatic carbocycles. The fraction of sp³-hybridized carbons (Fsp3) is 0.227. The molecule has 0 fully saturated rings. The molecule has 3 aromatic rings. The number of nitrogens with zero attached hydrogens (tertiary/aromatic N) is 3. The van der Waals surface area contributed by atoms with Crippen LogP contribution in [-0.4, -0.2) is 26.8 Å². The Morgan fingerprint density at radius 3 is 2.46 bits per heavy atom. The van der Waals surface area contributed by atoms with Gasteiger partial charge in [-0.1, -0.05) is 48.0 Å². The number of hydrogen-bond donors (Lipinski definition) is 1. The molecule has 0 saturated carbocycles. The number of hydrogen-bond acceptors (Lipinski definition) is 4. The van der Waals surface area contributed by atoms with E-state index in [1.165, 1.54) is 6.20 Å². The Bertz CT molecular complexity index is 943. The summed E-state index contributed by atoms with van der Waals surface area (Å²) in [7, 11) is 0. The van der Waals surface area contributed by atoms with Gasteiger partial charge in [-0.3, -0.25) is 4.79 Å². The van der Waals surface area contributed by atoms with Crippen LogP contribution < -0.4 is 5.32 Å². The highest BCUT2D eigenvalue weighted by atomic mass is 35.5. The Balaban J connectivity index is 1.75. The van der Waals surface area contributed by atoms with Gasteiger partial charge in [-0.15, -0.1) is 0 Å². The monoisotopic (exact) mass is 394 g/mol. The second-order valence-electron chi connectivity index (χ2n) is 6.84. The van der Waals surface area contributed by atoms with Gasteiger partial charge in [-0.25, -0.2) is 9.97 Å². The normalized spacial score (nSPS) is 10.8. The Labute approximate surface area is 170 Å². The molecule has 28 heavy (non-hydrogen) atoms. The molecule has 0 atom stereocenters. The van der Waals surface area contributed by atoms with Crippen LogP contribution in [0.25, 0.3) is 0 Å². The summed E-state index contributed by atoms with van der Waals surface area (Å²) in [5, 5.41) is 3.87. The van der Waals surface area contributed by atoms with Crippen molar-refractivity contribution in [2.24, 2.45) is 0 Å². The lowest BCUT2D eigenvalue weighted by molar-refractivity contribution is 0.0684. The van der Waals surface area contributed by atoms with Crippen molar-refractivity contribution in [1.82, 2.24) is 14.9 Å². The number of halogens is 1. The van der Waals surface area contributed by atoms with E-state index in [0.717, 1.165) is 16.8 Å². The SMILES string of the molecule is Cc1c(Cl)cccc1Nc1cnc(C(=O)N(Cc2ccccc2)C(C)C)cn1. The molecule has 0 radical (unpaired) electrons. The smallest absolute Gasteiger partial charge is 0.274 e. The summed E-state index contributed by atoms with van der Waals surface area (Å²) in [6.07, 6.45) is 3.07. The average Bonchev–Trinajstić information content (AvgIpc) is 2.70. The van der Waals surface area contributed by atoms with Crippen molar-refractivity contribution in [1.29, 1.82) is 0 Å². The van der Waals surface area contributed by atoms with Crippen molar-refractivity contribution in [3.8, 4) is 0 Å². The largest absolute Gasteiger partial charge is 0.339 e. The molecule has 5 nitrogen and oxygen atoms in total. The van der Waals surface area contributed by atoms with Gasteiger partial charge in [0.15, 0.2) is 0 Å². The fourth-order valence-corrected chi connectivity index (χ4v) is 2.97. The first-order chi connectivity index (χ1) is 13.5. The van der Waals surface area contributed by atoms with E-state index >= 15 is 0 Å². The fourth-order valence-electron chi connectivity index (χ4n) is 2.80. The maximum atomic E-state index is 12.9. The zero-order valence-electron chi connectivity index (χ0n) is 16.2. The van der Waals surface area contributed by atoms with Crippen LogP contribution in [0.2, 0.25) is 5.02 Å². The van der Waals surface area contributed by atoms with Crippen molar-refractivity contribution in [3.05, 3.63) is 82.8 Å². The van der Waals surface area contributed by atoms with Gasteiger partial charge in [0.2, 0.25) is 0 Å². The molecular formula is C22H23ClN4O. The van der Waals surface area contributed by atoms with Crippen LogP contribution in [0.1, 0.15) is 35.5 Å². The zero-order chi connectivity index (χ0) is 20.1. The molecule has 0 saturated heterocycles. The highest BCUT2D eigenvalue weighted by molar-refractivity contribution is 6.31. The summed E-state index contributed by atoms with van der Waals surface area (Å²) in [6.45, 7) is 6.44. The van der Waals surface area contributed by atoms with E-state index in [1.807, 2.05) is 69.3 Å². The predicted molar refractivity (Wildman–Crippen MR) is 113 cm³/mol. The third-order valence-electron chi connectivity index (χ3n) is 4.48. The van der Waals surface area contributed by atoms with Crippen LogP contribution in [0, 0.1) is 6.92 Å². The van der Waals surface area contributed by atoms with Crippen LogP contribution in [0.4, 0.5) is 11.5 Å². The van der Waals surface area contributed by atoms with Crippen LogP contribution >= 0.6 is 11.6 Å². The highest BCUT2D eigenvalue weighted by Gasteiger charge is 2.20. The molecule has 0 bridgehead atoms. The second kappa shape index (κ2) is 8.85. The number of benzene rings is 2. The topological polar surface area (TPSA) is 58.1 Å². The summed E-state index contributed by atoms with van der Waals surface area (Å²) < 4.78 is 0. The molecular weight excluding hydrogens is 372 g/mol. The highest BCUT2D eigenvalue weighted by Crippen LogP contribution is 2.25. The number of aromatic nitrogens is 2. The summed E-state index contributed by atoms with van der Waals surface area (Å²) in [5.74, 6) is 0.415.